The van der Waals surface area contributed by atoms with Crippen molar-refractivity contribution in [1.29, 1.82) is 0 Å². The first-order chi connectivity index (χ1) is 24.5. The van der Waals surface area contributed by atoms with E-state index in [1.54, 1.807) is 6.20 Å². The standard InChI is InChI=1S/C39H46ClFN6O3Si/c1-37(2,3)51(28-12-6-4-7-13-28,29-14-8-5-9-15-29)50-27-20-39(17-11-19-47(39)23-27)26-49-36-44-33-30(22-42-34(40)32(33)41)35(45-36)46-18-10-16-38(25-46)21-31(48)43-24-38/h4-9,12-15,22,27H,10-11,16-21,23-26H2,1-3H3,(H,43,48)/t27-,38?,39+/m0/s1. The molecule has 9 nitrogen and oxygen atoms in total. The van der Waals surface area contributed by atoms with Gasteiger partial charge in [0.25, 0.3) is 8.32 Å². The summed E-state index contributed by atoms with van der Waals surface area (Å²) in [6.45, 7) is 11.1. The Hall–Kier alpha value is -3.64. The number of hydrogen-bond acceptors (Lipinski definition) is 8. The number of pyridine rings is 1. The molecular formula is C39H46ClFN6O3Si. The second-order valence-corrected chi connectivity index (χ2v) is 20.7. The number of rotatable bonds is 8. The second kappa shape index (κ2) is 13.1. The third kappa shape index (κ3) is 6.09. The molecule has 1 N–H and O–H groups in total. The highest BCUT2D eigenvalue weighted by molar-refractivity contribution is 6.99. The van der Waals surface area contributed by atoms with E-state index in [1.807, 2.05) is 0 Å². The summed E-state index contributed by atoms with van der Waals surface area (Å²) < 4.78 is 29.7. The van der Waals surface area contributed by atoms with Crippen molar-refractivity contribution in [2.24, 2.45) is 5.41 Å². The second-order valence-electron chi connectivity index (χ2n) is 16.1. The molecule has 1 unspecified atom stereocenters. The fourth-order valence-corrected chi connectivity index (χ4v) is 14.2. The predicted octanol–water partition coefficient (Wildman–Crippen LogP) is 5.49. The number of carbonyl (C=O) groups is 1. The number of ether oxygens (including phenoxy) is 1. The van der Waals surface area contributed by atoms with E-state index in [0.29, 0.717) is 37.3 Å². The van der Waals surface area contributed by atoms with Crippen molar-refractivity contribution >= 4 is 52.9 Å². The van der Waals surface area contributed by atoms with E-state index in [9.17, 15) is 4.79 Å². The SMILES string of the molecule is CC(C)(C)[Si](O[C@@H]1CN2CCC[C@]2(COc2nc(N3CCCC4(CNC(=O)C4)C3)c3cnc(Cl)c(F)c3n2)C1)(c1ccccc1)c1ccccc1. The molecular weight excluding hydrogens is 683 g/mol. The summed E-state index contributed by atoms with van der Waals surface area (Å²) in [4.78, 5) is 30.5. The average Bonchev–Trinajstić information content (AvgIpc) is 3.79. The number of amides is 1. The molecule has 0 aliphatic carbocycles. The normalized spacial score (nSPS) is 25.5. The number of hydrogen-bond donors (Lipinski definition) is 1. The summed E-state index contributed by atoms with van der Waals surface area (Å²) in [6, 6.07) is 21.7. The smallest absolute Gasteiger partial charge is 0.319 e. The molecule has 0 radical (unpaired) electrons. The molecule has 268 valence electrons. The molecule has 1 amide bonds. The third-order valence-corrected chi connectivity index (χ3v) is 17.1. The summed E-state index contributed by atoms with van der Waals surface area (Å²) in [6.07, 6.45) is 6.71. The molecule has 12 heteroatoms. The first-order valence-corrected chi connectivity index (χ1v) is 20.5. The van der Waals surface area contributed by atoms with Crippen molar-refractivity contribution in [3.63, 3.8) is 0 Å². The molecule has 4 aliphatic rings. The Morgan fingerprint density at radius 2 is 1.73 bits per heavy atom. The number of carbonyl (C=O) groups excluding carboxylic acids is 1. The number of nitrogens with one attached hydrogen (secondary N) is 1. The quantitative estimate of drug-likeness (QED) is 0.188. The van der Waals surface area contributed by atoms with Crippen LogP contribution in [0.1, 0.15) is 59.3 Å². The van der Waals surface area contributed by atoms with Gasteiger partial charge in [-0.3, -0.25) is 9.69 Å². The van der Waals surface area contributed by atoms with Gasteiger partial charge in [0.2, 0.25) is 5.91 Å². The molecule has 0 saturated carbocycles. The zero-order valence-corrected chi connectivity index (χ0v) is 31.4. The van der Waals surface area contributed by atoms with Gasteiger partial charge >= 0.3 is 6.01 Å². The van der Waals surface area contributed by atoms with Crippen molar-refractivity contribution in [2.75, 3.05) is 44.2 Å². The molecule has 6 heterocycles. The third-order valence-electron chi connectivity index (χ3n) is 11.8. The maximum atomic E-state index is 15.6. The van der Waals surface area contributed by atoms with E-state index >= 15 is 4.39 Å². The van der Waals surface area contributed by atoms with E-state index < -0.39 is 14.1 Å². The number of halogens is 2. The molecule has 1 spiro atoms. The lowest BCUT2D eigenvalue weighted by molar-refractivity contribution is -0.119. The van der Waals surface area contributed by atoms with Crippen LogP contribution in [-0.2, 0) is 9.22 Å². The van der Waals surface area contributed by atoms with Crippen LogP contribution < -0.4 is 25.3 Å². The molecule has 0 bridgehead atoms. The van der Waals surface area contributed by atoms with E-state index in [4.69, 9.17) is 25.7 Å². The predicted molar refractivity (Wildman–Crippen MR) is 200 cm³/mol. The summed E-state index contributed by atoms with van der Waals surface area (Å²) in [5, 5.41) is 5.67. The fraction of sp³-hybridized carbons (Fsp3) is 0.487. The van der Waals surface area contributed by atoms with Gasteiger partial charge < -0.3 is 19.4 Å². The van der Waals surface area contributed by atoms with Crippen LogP contribution in [0.4, 0.5) is 10.2 Å². The van der Waals surface area contributed by atoms with E-state index in [0.717, 1.165) is 51.7 Å². The van der Waals surface area contributed by atoms with Gasteiger partial charge in [-0.05, 0) is 54.1 Å². The van der Waals surface area contributed by atoms with Gasteiger partial charge in [-0.1, -0.05) is 93.0 Å². The highest BCUT2D eigenvalue weighted by Gasteiger charge is 2.56. The topological polar surface area (TPSA) is 92.7 Å². The Balaban J connectivity index is 1.09. The van der Waals surface area contributed by atoms with E-state index in [-0.39, 0.29) is 44.7 Å². The van der Waals surface area contributed by atoms with Crippen LogP contribution in [0.25, 0.3) is 10.9 Å². The van der Waals surface area contributed by atoms with Crippen molar-refractivity contribution in [3.05, 3.63) is 77.8 Å². The zero-order valence-electron chi connectivity index (χ0n) is 29.6. The minimum absolute atomic E-state index is 0.00267. The van der Waals surface area contributed by atoms with E-state index in [2.05, 4.69) is 107 Å². The molecule has 4 saturated heterocycles. The molecule has 4 aliphatic heterocycles. The van der Waals surface area contributed by atoms with Gasteiger partial charge in [0, 0.05) is 44.2 Å². The number of anilines is 1. The Kier molecular flexibility index (Phi) is 8.84. The van der Waals surface area contributed by atoms with Gasteiger partial charge in [-0.2, -0.15) is 9.97 Å². The minimum atomic E-state index is -2.75. The molecule has 2 aromatic carbocycles. The van der Waals surface area contributed by atoms with Crippen LogP contribution in [0.15, 0.2) is 66.9 Å². The minimum Gasteiger partial charge on any atom is -0.461 e. The van der Waals surface area contributed by atoms with Gasteiger partial charge in [0.15, 0.2) is 11.0 Å². The van der Waals surface area contributed by atoms with Gasteiger partial charge in [0.05, 0.1) is 17.0 Å². The van der Waals surface area contributed by atoms with Crippen LogP contribution in [0, 0.1) is 11.2 Å². The summed E-state index contributed by atoms with van der Waals surface area (Å²) >= 11 is 6.17. The Labute approximate surface area is 305 Å². The highest BCUT2D eigenvalue weighted by atomic mass is 35.5. The van der Waals surface area contributed by atoms with Crippen LogP contribution in [0.3, 0.4) is 0 Å². The number of aromatic nitrogens is 3. The fourth-order valence-electron chi connectivity index (χ4n) is 9.42. The maximum absolute atomic E-state index is 15.6. The van der Waals surface area contributed by atoms with Crippen LogP contribution >= 0.6 is 11.6 Å². The molecule has 3 atom stereocenters. The van der Waals surface area contributed by atoms with Gasteiger partial charge in [0.1, 0.15) is 17.9 Å². The van der Waals surface area contributed by atoms with Gasteiger partial charge in [-0.15, -0.1) is 0 Å². The van der Waals surface area contributed by atoms with Crippen LogP contribution in [0.5, 0.6) is 6.01 Å². The first kappa shape index (κ1) is 34.4. The number of fused-ring (bicyclic) bond motifs is 2. The lowest BCUT2D eigenvalue weighted by Gasteiger charge is -2.44. The lowest BCUT2D eigenvalue weighted by Crippen LogP contribution is -2.67. The van der Waals surface area contributed by atoms with Crippen molar-refractivity contribution in [3.8, 4) is 6.01 Å². The lowest BCUT2D eigenvalue weighted by atomic mass is 9.79. The molecule has 51 heavy (non-hydrogen) atoms. The monoisotopic (exact) mass is 728 g/mol. The number of nitrogens with zero attached hydrogens (tertiary/aromatic N) is 5. The summed E-state index contributed by atoms with van der Waals surface area (Å²) in [5.41, 5.74) is -0.344. The molecule has 4 fully saturated rings. The summed E-state index contributed by atoms with van der Waals surface area (Å²) in [5.74, 6) is -0.0500. The van der Waals surface area contributed by atoms with Gasteiger partial charge in [-0.25, -0.2) is 9.37 Å². The largest absolute Gasteiger partial charge is 0.461 e. The Bertz CT molecular complexity index is 1890. The Morgan fingerprint density at radius 1 is 1.02 bits per heavy atom. The first-order valence-electron chi connectivity index (χ1n) is 18.2. The number of piperidine rings is 1. The van der Waals surface area contributed by atoms with Crippen molar-refractivity contribution in [2.45, 2.75) is 76.0 Å². The molecule has 8 rings (SSSR count). The van der Waals surface area contributed by atoms with Crippen LogP contribution in [0.2, 0.25) is 10.2 Å². The van der Waals surface area contributed by atoms with Crippen molar-refractivity contribution in [1.82, 2.24) is 25.2 Å². The van der Waals surface area contributed by atoms with E-state index in [1.165, 1.54) is 10.4 Å². The van der Waals surface area contributed by atoms with Crippen molar-refractivity contribution < 1.29 is 18.3 Å². The molecule has 2 aromatic heterocycles. The zero-order chi connectivity index (χ0) is 35.4. The maximum Gasteiger partial charge on any atom is 0.319 e. The van der Waals surface area contributed by atoms with Crippen LogP contribution in [-0.4, -0.2) is 85.0 Å². The highest BCUT2D eigenvalue weighted by Crippen LogP contribution is 2.45. The average molecular weight is 729 g/mol. The molecule has 4 aromatic rings. The summed E-state index contributed by atoms with van der Waals surface area (Å²) in [7, 11) is -2.75. The number of benzene rings is 2. The Morgan fingerprint density at radius 3 is 2.39 bits per heavy atom.